The largest absolute Gasteiger partial charge is 0.506 e. The minimum Gasteiger partial charge on any atom is -0.506 e. The molecule has 0 atom stereocenters. The number of hydrogen-bond acceptors (Lipinski definition) is 3. The third-order valence-corrected chi connectivity index (χ3v) is 3.00. The number of anilines is 2. The van der Waals surface area contributed by atoms with Gasteiger partial charge < -0.3 is 15.7 Å². The van der Waals surface area contributed by atoms with Gasteiger partial charge in [0.25, 0.3) is 5.91 Å². The van der Waals surface area contributed by atoms with E-state index >= 15 is 0 Å². The van der Waals surface area contributed by atoms with Crippen molar-refractivity contribution in [2.45, 2.75) is 6.92 Å². The van der Waals surface area contributed by atoms with Gasteiger partial charge in [0.15, 0.2) is 0 Å². The minimum atomic E-state index is -0.195. The van der Waals surface area contributed by atoms with Crippen molar-refractivity contribution >= 4 is 17.3 Å². The van der Waals surface area contributed by atoms with Crippen LogP contribution in [0.1, 0.15) is 15.9 Å². The molecule has 0 saturated carbocycles. The SMILES string of the molecule is Cc1ccc(N(C)C(=O)c2ccc(N)c(O)c2)cc1. The van der Waals surface area contributed by atoms with E-state index in [1.165, 1.54) is 17.0 Å². The molecule has 0 unspecified atom stereocenters. The number of nitrogen functional groups attached to an aromatic ring is 1. The molecular weight excluding hydrogens is 240 g/mol. The summed E-state index contributed by atoms with van der Waals surface area (Å²) in [5.41, 5.74) is 8.11. The number of phenols is 1. The highest BCUT2D eigenvalue weighted by Crippen LogP contribution is 2.23. The van der Waals surface area contributed by atoms with E-state index in [0.717, 1.165) is 11.3 Å². The highest BCUT2D eigenvalue weighted by Gasteiger charge is 2.14. The van der Waals surface area contributed by atoms with E-state index in [9.17, 15) is 9.90 Å². The number of hydrogen-bond donors (Lipinski definition) is 2. The lowest BCUT2D eigenvalue weighted by Gasteiger charge is -2.18. The summed E-state index contributed by atoms with van der Waals surface area (Å²) in [5.74, 6) is -0.276. The number of nitrogens with zero attached hydrogens (tertiary/aromatic N) is 1. The number of aromatic hydroxyl groups is 1. The van der Waals surface area contributed by atoms with Crippen molar-refractivity contribution in [2.24, 2.45) is 0 Å². The Hall–Kier alpha value is -2.49. The number of carbonyl (C=O) groups excluding carboxylic acids is 1. The Kier molecular flexibility index (Phi) is 3.42. The van der Waals surface area contributed by atoms with Gasteiger partial charge in [-0.15, -0.1) is 0 Å². The molecule has 19 heavy (non-hydrogen) atoms. The van der Waals surface area contributed by atoms with E-state index in [1.54, 1.807) is 13.1 Å². The van der Waals surface area contributed by atoms with Gasteiger partial charge in [-0.1, -0.05) is 17.7 Å². The third-order valence-electron chi connectivity index (χ3n) is 3.00. The second kappa shape index (κ2) is 5.02. The van der Waals surface area contributed by atoms with E-state index in [2.05, 4.69) is 0 Å². The first-order valence-corrected chi connectivity index (χ1v) is 5.92. The zero-order valence-electron chi connectivity index (χ0n) is 10.9. The highest BCUT2D eigenvalue weighted by molar-refractivity contribution is 6.06. The van der Waals surface area contributed by atoms with Crippen molar-refractivity contribution in [3.8, 4) is 5.75 Å². The van der Waals surface area contributed by atoms with Crippen LogP contribution in [0.3, 0.4) is 0 Å². The first-order valence-electron chi connectivity index (χ1n) is 5.92. The number of carbonyl (C=O) groups is 1. The van der Waals surface area contributed by atoms with Crippen LogP contribution < -0.4 is 10.6 Å². The highest BCUT2D eigenvalue weighted by atomic mass is 16.3. The van der Waals surface area contributed by atoms with Crippen molar-refractivity contribution in [1.82, 2.24) is 0 Å². The van der Waals surface area contributed by atoms with Gasteiger partial charge in [0.1, 0.15) is 5.75 Å². The van der Waals surface area contributed by atoms with E-state index in [4.69, 9.17) is 5.73 Å². The maximum atomic E-state index is 12.3. The summed E-state index contributed by atoms with van der Waals surface area (Å²) in [4.78, 5) is 13.8. The summed E-state index contributed by atoms with van der Waals surface area (Å²) >= 11 is 0. The van der Waals surface area contributed by atoms with Crippen LogP contribution in [-0.2, 0) is 0 Å². The summed E-state index contributed by atoms with van der Waals surface area (Å²) in [7, 11) is 1.69. The predicted molar refractivity (Wildman–Crippen MR) is 76.4 cm³/mol. The van der Waals surface area contributed by atoms with Crippen molar-refractivity contribution in [3.63, 3.8) is 0 Å². The molecule has 0 saturated heterocycles. The second-order valence-electron chi connectivity index (χ2n) is 4.47. The second-order valence-corrected chi connectivity index (χ2v) is 4.47. The van der Waals surface area contributed by atoms with Gasteiger partial charge >= 0.3 is 0 Å². The Morgan fingerprint density at radius 3 is 2.37 bits per heavy atom. The molecule has 0 aromatic heterocycles. The van der Waals surface area contributed by atoms with Crippen LogP contribution in [-0.4, -0.2) is 18.1 Å². The van der Waals surface area contributed by atoms with E-state index in [0.29, 0.717) is 5.56 Å². The Bertz CT molecular complexity index is 606. The standard InChI is InChI=1S/C15H16N2O2/c1-10-3-6-12(7-4-10)17(2)15(19)11-5-8-13(16)14(18)9-11/h3-9,18H,16H2,1-2H3. The Labute approximate surface area is 112 Å². The van der Waals surface area contributed by atoms with Crippen molar-refractivity contribution < 1.29 is 9.90 Å². The van der Waals surface area contributed by atoms with Gasteiger partial charge in [-0.2, -0.15) is 0 Å². The lowest BCUT2D eigenvalue weighted by atomic mass is 10.1. The lowest BCUT2D eigenvalue weighted by Crippen LogP contribution is -2.26. The summed E-state index contributed by atoms with van der Waals surface area (Å²) in [6.07, 6.45) is 0. The minimum absolute atomic E-state index is 0.0804. The lowest BCUT2D eigenvalue weighted by molar-refractivity contribution is 0.0992. The predicted octanol–water partition coefficient (Wildman–Crippen LogP) is 2.56. The van der Waals surface area contributed by atoms with Crippen LogP contribution in [0.5, 0.6) is 5.75 Å². The Morgan fingerprint density at radius 2 is 1.79 bits per heavy atom. The zero-order chi connectivity index (χ0) is 14.0. The summed E-state index contributed by atoms with van der Waals surface area (Å²) in [6.45, 7) is 1.99. The molecule has 0 spiro atoms. The van der Waals surface area contributed by atoms with E-state index in [1.807, 2.05) is 31.2 Å². The first-order chi connectivity index (χ1) is 8.99. The number of nitrogens with two attached hydrogens (primary N) is 1. The number of amides is 1. The van der Waals surface area contributed by atoms with Crippen LogP contribution in [0.15, 0.2) is 42.5 Å². The van der Waals surface area contributed by atoms with Gasteiger partial charge in [0, 0.05) is 18.3 Å². The molecule has 98 valence electrons. The molecule has 4 nitrogen and oxygen atoms in total. The van der Waals surface area contributed by atoms with Gasteiger partial charge in [0.05, 0.1) is 5.69 Å². The molecule has 0 radical (unpaired) electrons. The molecule has 2 rings (SSSR count). The van der Waals surface area contributed by atoms with Gasteiger partial charge in [-0.3, -0.25) is 4.79 Å². The molecule has 2 aromatic carbocycles. The zero-order valence-corrected chi connectivity index (χ0v) is 10.9. The quantitative estimate of drug-likeness (QED) is 0.641. The maximum Gasteiger partial charge on any atom is 0.258 e. The van der Waals surface area contributed by atoms with Crippen molar-refractivity contribution in [1.29, 1.82) is 0 Å². The van der Waals surface area contributed by atoms with Crippen LogP contribution in [0.4, 0.5) is 11.4 Å². The molecule has 0 bridgehead atoms. The molecule has 1 amide bonds. The van der Waals surface area contributed by atoms with Gasteiger partial charge in [0.2, 0.25) is 0 Å². The fourth-order valence-electron chi connectivity index (χ4n) is 1.76. The smallest absolute Gasteiger partial charge is 0.258 e. The molecule has 0 fully saturated rings. The first kappa shape index (κ1) is 13.0. The fraction of sp³-hybridized carbons (Fsp3) is 0.133. The van der Waals surface area contributed by atoms with Crippen LogP contribution in [0.2, 0.25) is 0 Å². The molecule has 0 aliphatic heterocycles. The average molecular weight is 256 g/mol. The normalized spacial score (nSPS) is 10.2. The van der Waals surface area contributed by atoms with Crippen molar-refractivity contribution in [3.05, 3.63) is 53.6 Å². The summed E-state index contributed by atoms with van der Waals surface area (Å²) in [6, 6.07) is 12.1. The number of aryl methyl sites for hydroxylation is 1. The van der Waals surface area contributed by atoms with Gasteiger partial charge in [-0.05, 0) is 37.3 Å². The molecule has 0 aliphatic carbocycles. The number of rotatable bonds is 2. The molecular formula is C15H16N2O2. The van der Waals surface area contributed by atoms with E-state index in [-0.39, 0.29) is 17.3 Å². The average Bonchev–Trinajstić information content (AvgIpc) is 2.41. The summed E-state index contributed by atoms with van der Waals surface area (Å²) in [5, 5.41) is 9.54. The van der Waals surface area contributed by atoms with Crippen LogP contribution in [0.25, 0.3) is 0 Å². The topological polar surface area (TPSA) is 66.6 Å². The molecule has 2 aromatic rings. The Morgan fingerprint density at radius 1 is 1.16 bits per heavy atom. The maximum absolute atomic E-state index is 12.3. The molecule has 0 heterocycles. The van der Waals surface area contributed by atoms with Gasteiger partial charge in [-0.25, -0.2) is 0 Å². The Balaban J connectivity index is 2.28. The van der Waals surface area contributed by atoms with Crippen molar-refractivity contribution in [2.75, 3.05) is 17.7 Å². The monoisotopic (exact) mass is 256 g/mol. The number of phenolic OH excluding ortho intramolecular Hbond substituents is 1. The fourth-order valence-corrected chi connectivity index (χ4v) is 1.76. The molecule has 0 aliphatic rings. The van der Waals surface area contributed by atoms with Crippen LogP contribution >= 0.6 is 0 Å². The third kappa shape index (κ3) is 2.68. The molecule has 4 heteroatoms. The number of benzene rings is 2. The van der Waals surface area contributed by atoms with E-state index < -0.39 is 0 Å². The summed E-state index contributed by atoms with van der Waals surface area (Å²) < 4.78 is 0. The van der Waals surface area contributed by atoms with Crippen LogP contribution in [0, 0.1) is 6.92 Å². The molecule has 3 N–H and O–H groups in total.